The van der Waals surface area contributed by atoms with E-state index in [1.54, 1.807) is 0 Å². The first-order chi connectivity index (χ1) is 34.1. The summed E-state index contributed by atoms with van der Waals surface area (Å²) in [4.78, 5) is 10.5. The van der Waals surface area contributed by atoms with Crippen molar-refractivity contribution >= 4 is 63.3 Å². The van der Waals surface area contributed by atoms with E-state index < -0.39 is 7.81 Å². The Morgan fingerprint density at radius 1 is 0.389 bits per heavy atom. The van der Waals surface area contributed by atoms with Gasteiger partial charge in [-0.3, -0.25) is 9.98 Å². The van der Waals surface area contributed by atoms with Crippen LogP contribution < -0.4 is 0 Å². The van der Waals surface area contributed by atoms with E-state index in [2.05, 4.69) is 158 Å². The Morgan fingerprint density at radius 3 is 1.06 bits per heavy atom. The first kappa shape index (κ1) is 49.7. The molecule has 2 atom stereocenters. The van der Waals surface area contributed by atoms with E-state index in [9.17, 15) is 35.4 Å². The molecule has 1 saturated carbocycles. The van der Waals surface area contributed by atoms with Gasteiger partial charge in [0.1, 0.15) is 11.5 Å². The maximum atomic E-state index is 12.5. The van der Waals surface area contributed by atoms with Crippen molar-refractivity contribution in [3.05, 3.63) is 205 Å². The Bertz CT molecular complexity index is 3460. The number of phenols is 2. The summed E-state index contributed by atoms with van der Waals surface area (Å²) in [5.74, 6) is 0.424. The van der Waals surface area contributed by atoms with Gasteiger partial charge in [-0.05, 0) is 90.3 Å². The van der Waals surface area contributed by atoms with Crippen LogP contribution in [-0.4, -0.2) is 34.7 Å². The first-order valence-corrected chi connectivity index (χ1v) is 25.4. The second-order valence-electron chi connectivity index (χ2n) is 17.9. The van der Waals surface area contributed by atoms with Gasteiger partial charge in [-0.1, -0.05) is 195 Å². The fraction of sp³-hybridized carbons (Fsp3) is 0.100. The molecule has 0 aliphatic heterocycles. The third-order valence-corrected chi connectivity index (χ3v) is 13.1. The number of benzene rings is 10. The van der Waals surface area contributed by atoms with Crippen molar-refractivity contribution in [2.24, 2.45) is 9.98 Å². The predicted molar refractivity (Wildman–Crippen MR) is 283 cm³/mol. The fourth-order valence-electron chi connectivity index (χ4n) is 10.0. The molecule has 72 heavy (non-hydrogen) atoms. The average Bonchev–Trinajstić information content (AvgIpc) is 3.37. The molecule has 2 N–H and O–H groups in total. The summed E-state index contributed by atoms with van der Waals surface area (Å²) in [6, 6.07) is 66.9. The number of halogens is 6. The van der Waals surface area contributed by atoms with Crippen LogP contribution in [0.1, 0.15) is 36.8 Å². The molecule has 0 spiro atoms. The molecular formula is C60H46F6MnN2O2P-. The number of phenolic OH excluding ortho intramolecular Hbond substituents is 2. The normalized spacial score (nSPS) is 16.1. The van der Waals surface area contributed by atoms with Crippen LogP contribution in [0.2, 0.25) is 0 Å². The van der Waals surface area contributed by atoms with Gasteiger partial charge in [0.05, 0.1) is 12.1 Å². The van der Waals surface area contributed by atoms with Gasteiger partial charge in [-0.25, -0.2) is 0 Å². The topological polar surface area (TPSA) is 65.2 Å². The summed E-state index contributed by atoms with van der Waals surface area (Å²) in [6.07, 6.45) is 7.60. The second kappa shape index (κ2) is 19.4. The van der Waals surface area contributed by atoms with E-state index in [1.807, 2.05) is 48.8 Å². The van der Waals surface area contributed by atoms with E-state index >= 15 is 0 Å². The number of fused-ring (bicyclic) bond motifs is 4. The number of aliphatic imine (C=N–C) groups is 2. The molecule has 0 aromatic heterocycles. The smallest absolute Gasteiger partial charge is 0.132 e. The minimum absolute atomic E-state index is 0. The van der Waals surface area contributed by atoms with Crippen LogP contribution in [0.3, 0.4) is 0 Å². The van der Waals surface area contributed by atoms with Crippen LogP contribution in [0.4, 0.5) is 25.2 Å². The largest absolute Gasteiger partial charge is 0.507 e. The van der Waals surface area contributed by atoms with Gasteiger partial charge in [0.2, 0.25) is 0 Å². The first-order valence-electron chi connectivity index (χ1n) is 23.3. The van der Waals surface area contributed by atoms with Gasteiger partial charge in [-0.2, -0.15) is 0 Å². The number of hydrogen-bond acceptors (Lipinski definition) is 4. The summed E-state index contributed by atoms with van der Waals surface area (Å²) in [5, 5.41) is 33.4. The molecule has 0 unspecified atom stereocenters. The van der Waals surface area contributed by atoms with E-state index in [4.69, 9.17) is 9.98 Å². The summed E-state index contributed by atoms with van der Waals surface area (Å²) in [5.41, 5.74) is 9.27. The third kappa shape index (κ3) is 10.9. The van der Waals surface area contributed by atoms with Crippen molar-refractivity contribution in [2.75, 3.05) is 0 Å². The molecule has 10 aromatic carbocycles. The summed E-state index contributed by atoms with van der Waals surface area (Å²) >= 11 is 0. The van der Waals surface area contributed by atoms with Crippen LogP contribution in [0.15, 0.2) is 204 Å². The van der Waals surface area contributed by atoms with E-state index in [0.29, 0.717) is 11.1 Å². The van der Waals surface area contributed by atoms with Crippen LogP contribution >= 0.6 is 7.81 Å². The molecule has 4 nitrogen and oxygen atoms in total. The predicted octanol–water partition coefficient (Wildman–Crippen LogP) is 18.6. The Balaban J connectivity index is 0.000000747. The van der Waals surface area contributed by atoms with Crippen LogP contribution in [0.25, 0.3) is 87.6 Å². The Labute approximate surface area is 422 Å². The molecule has 363 valence electrons. The van der Waals surface area contributed by atoms with E-state index in [0.717, 1.165) is 113 Å². The second-order valence-corrected chi connectivity index (χ2v) is 19.8. The molecule has 12 heteroatoms. The maximum Gasteiger partial charge on any atom is 0.132 e. The summed E-state index contributed by atoms with van der Waals surface area (Å²) in [7, 11) is -10.7. The fourth-order valence-corrected chi connectivity index (χ4v) is 10.0. The molecule has 1 fully saturated rings. The van der Waals surface area contributed by atoms with Gasteiger partial charge in [0.15, 0.2) is 0 Å². The molecule has 0 saturated heterocycles. The van der Waals surface area contributed by atoms with Crippen molar-refractivity contribution in [1.82, 2.24) is 0 Å². The van der Waals surface area contributed by atoms with Crippen molar-refractivity contribution < 1.29 is 52.5 Å². The van der Waals surface area contributed by atoms with Crippen molar-refractivity contribution in [3.8, 4) is 56.0 Å². The molecular weight excluding hydrogens is 981 g/mol. The molecule has 0 bridgehead atoms. The van der Waals surface area contributed by atoms with Gasteiger partial charge in [-0.15, -0.1) is 0 Å². The molecule has 1 aliphatic carbocycles. The number of aromatic hydroxyl groups is 2. The zero-order chi connectivity index (χ0) is 49.4. The maximum absolute atomic E-state index is 12.5. The number of nitrogens with zero attached hydrogens (tertiary/aromatic N) is 2. The molecule has 0 amide bonds. The minimum Gasteiger partial charge on any atom is -0.507 e. The SMILES string of the molecule is F[P-](F)(F)(F)(F)F.Oc1c(C=N[C@H]2CCCC[C@@H]2N=Cc2cc3ccccc3c(-c3c(-c4ccccc4)ccc4ccccc34)c2O)cc2ccccc2c1-c1c(-c2ccccc2)ccc2ccccc12.[Mn]. The van der Waals surface area contributed by atoms with Gasteiger partial charge in [0, 0.05) is 62.9 Å². The Hall–Kier alpha value is -7.29. The molecule has 1 aliphatic rings. The van der Waals surface area contributed by atoms with Crippen LogP contribution in [0, 0.1) is 0 Å². The van der Waals surface area contributed by atoms with Gasteiger partial charge in [0.25, 0.3) is 0 Å². The third-order valence-electron chi connectivity index (χ3n) is 13.1. The van der Waals surface area contributed by atoms with Crippen LogP contribution in [0.5, 0.6) is 11.5 Å². The minimum atomic E-state index is -10.7. The zero-order valence-corrected chi connectivity index (χ0v) is 40.6. The van der Waals surface area contributed by atoms with Crippen molar-refractivity contribution in [3.63, 3.8) is 0 Å². The standard InChI is InChI=1S/C60H46N2O2.F6P.Mn/c63-59-45(35-43-23-9-13-27-49(43)57(59)55-47-25-11-7-21-41(47)31-33-51(55)39-17-3-1-4-18-39)37-61-53-29-15-16-30-54(53)62-38-46-36-44-24-10-14-28-50(44)58(60(46)64)56-48-26-12-8-22-42(48)32-34-52(56)40-19-5-2-6-20-40;1-7(2,3,4,5)6;/h1-14,17-28,31-38,53-54,63-64H,15-16,29-30H2;;/q;-1;/t53-,54-;;/m0../s1. The summed E-state index contributed by atoms with van der Waals surface area (Å²) < 4.78 is 59.2. The molecule has 0 heterocycles. The van der Waals surface area contributed by atoms with Crippen molar-refractivity contribution in [2.45, 2.75) is 37.8 Å². The molecule has 10 aromatic rings. The average molecular weight is 1030 g/mol. The van der Waals surface area contributed by atoms with Crippen molar-refractivity contribution in [1.29, 1.82) is 0 Å². The van der Waals surface area contributed by atoms with E-state index in [1.165, 1.54) is 0 Å². The zero-order valence-electron chi connectivity index (χ0n) is 38.5. The monoisotopic (exact) mass is 1030 g/mol. The van der Waals surface area contributed by atoms with E-state index in [-0.39, 0.29) is 40.7 Å². The number of rotatable bonds is 8. The quantitative estimate of drug-likeness (QED) is 0.0689. The summed E-state index contributed by atoms with van der Waals surface area (Å²) in [6.45, 7) is 0. The molecule has 11 rings (SSSR count). The number of hydrogen-bond donors (Lipinski definition) is 2. The Kier molecular flexibility index (Phi) is 13.4. The molecule has 1 radical (unpaired) electrons. The van der Waals surface area contributed by atoms with Crippen LogP contribution in [-0.2, 0) is 17.1 Å². The Morgan fingerprint density at radius 2 is 0.694 bits per heavy atom. The van der Waals surface area contributed by atoms with Gasteiger partial charge >= 0.3 is 33.0 Å². The van der Waals surface area contributed by atoms with Gasteiger partial charge < -0.3 is 10.2 Å².